The van der Waals surface area contributed by atoms with Gasteiger partial charge in [0.2, 0.25) is 0 Å². The van der Waals surface area contributed by atoms with E-state index in [0.29, 0.717) is 5.92 Å². The van der Waals surface area contributed by atoms with Crippen molar-refractivity contribution in [1.82, 2.24) is 15.0 Å². The topological polar surface area (TPSA) is 38.7 Å². The van der Waals surface area contributed by atoms with Crippen molar-refractivity contribution in [3.63, 3.8) is 0 Å². The normalized spacial score (nSPS) is 15.5. The maximum atomic E-state index is 4.57. The van der Waals surface area contributed by atoms with E-state index in [1.54, 1.807) is 11.3 Å². The summed E-state index contributed by atoms with van der Waals surface area (Å²) in [6, 6.07) is 0. The molecule has 2 heterocycles. The largest absolute Gasteiger partial charge is 0.237 e. The molecule has 1 aliphatic rings. The molecule has 0 radical (unpaired) electrons. The summed E-state index contributed by atoms with van der Waals surface area (Å²) in [6.07, 6.45) is 6.25. The van der Waals surface area contributed by atoms with Crippen LogP contribution >= 0.6 is 11.3 Å². The van der Waals surface area contributed by atoms with Gasteiger partial charge in [0.1, 0.15) is 0 Å². The quantitative estimate of drug-likeness (QED) is 0.776. The lowest BCUT2D eigenvalue weighted by Gasteiger charge is -1.94. The first-order valence-electron chi connectivity index (χ1n) is 5.07. The summed E-state index contributed by atoms with van der Waals surface area (Å²) in [5.74, 6) is 1.46. The molecule has 3 nitrogen and oxygen atoms in total. The highest BCUT2D eigenvalue weighted by Gasteiger charge is 2.26. The highest BCUT2D eigenvalue weighted by molar-refractivity contribution is 7.13. The van der Waals surface area contributed by atoms with Gasteiger partial charge in [0, 0.05) is 23.7 Å². The van der Waals surface area contributed by atoms with Gasteiger partial charge in [0.05, 0.1) is 5.69 Å². The molecule has 0 spiro atoms. The Labute approximate surface area is 92.2 Å². The second-order valence-corrected chi connectivity index (χ2v) is 4.79. The molecular formula is C11H11N3S. The van der Waals surface area contributed by atoms with Crippen LogP contribution in [0, 0.1) is 6.92 Å². The fourth-order valence-corrected chi connectivity index (χ4v) is 2.30. The molecule has 4 heteroatoms. The molecule has 0 bridgehead atoms. The van der Waals surface area contributed by atoms with E-state index in [-0.39, 0.29) is 0 Å². The van der Waals surface area contributed by atoms with E-state index in [4.69, 9.17) is 0 Å². The van der Waals surface area contributed by atoms with Crippen molar-refractivity contribution in [1.29, 1.82) is 0 Å². The predicted molar refractivity (Wildman–Crippen MR) is 59.9 cm³/mol. The van der Waals surface area contributed by atoms with E-state index in [1.807, 2.05) is 19.3 Å². The minimum Gasteiger partial charge on any atom is -0.237 e. The Balaban J connectivity index is 1.93. The third-order valence-corrected chi connectivity index (χ3v) is 3.35. The van der Waals surface area contributed by atoms with Crippen LogP contribution in [0.3, 0.4) is 0 Å². The molecular weight excluding hydrogens is 206 g/mol. The van der Waals surface area contributed by atoms with Gasteiger partial charge >= 0.3 is 0 Å². The summed E-state index contributed by atoms with van der Waals surface area (Å²) >= 11 is 1.64. The average molecular weight is 217 g/mol. The van der Waals surface area contributed by atoms with Crippen LogP contribution in [-0.4, -0.2) is 15.0 Å². The van der Waals surface area contributed by atoms with Gasteiger partial charge in [0.15, 0.2) is 10.8 Å². The third-order valence-electron chi connectivity index (χ3n) is 2.49. The first-order valence-corrected chi connectivity index (χ1v) is 5.95. The van der Waals surface area contributed by atoms with Crippen LogP contribution in [-0.2, 0) is 0 Å². The zero-order valence-corrected chi connectivity index (χ0v) is 9.29. The zero-order chi connectivity index (χ0) is 10.3. The third kappa shape index (κ3) is 1.77. The Hall–Kier alpha value is -1.29. The van der Waals surface area contributed by atoms with Crippen molar-refractivity contribution in [2.75, 3.05) is 0 Å². The molecule has 2 aromatic heterocycles. The van der Waals surface area contributed by atoms with Crippen LogP contribution in [0.1, 0.15) is 30.0 Å². The molecule has 15 heavy (non-hydrogen) atoms. The Morgan fingerprint density at radius 1 is 1.27 bits per heavy atom. The second kappa shape index (κ2) is 3.38. The van der Waals surface area contributed by atoms with Gasteiger partial charge < -0.3 is 0 Å². The van der Waals surface area contributed by atoms with Crippen LogP contribution in [0.25, 0.3) is 10.8 Å². The zero-order valence-electron chi connectivity index (χ0n) is 8.47. The molecule has 0 atom stereocenters. The summed E-state index contributed by atoms with van der Waals surface area (Å²) < 4.78 is 0. The van der Waals surface area contributed by atoms with Gasteiger partial charge in [0.25, 0.3) is 0 Å². The first-order chi connectivity index (χ1) is 7.33. The number of aryl methyl sites for hydroxylation is 1. The van der Waals surface area contributed by atoms with Gasteiger partial charge in [-0.15, -0.1) is 11.3 Å². The van der Waals surface area contributed by atoms with Crippen molar-refractivity contribution in [2.45, 2.75) is 25.7 Å². The maximum absolute atomic E-state index is 4.57. The molecule has 3 rings (SSSR count). The summed E-state index contributed by atoms with van der Waals surface area (Å²) in [5.41, 5.74) is 2.30. The van der Waals surface area contributed by atoms with Crippen LogP contribution < -0.4 is 0 Å². The summed E-state index contributed by atoms with van der Waals surface area (Å²) in [6.45, 7) is 1.99. The fraction of sp³-hybridized carbons (Fsp3) is 0.364. The summed E-state index contributed by atoms with van der Waals surface area (Å²) in [7, 11) is 0. The Bertz CT molecular complexity index is 471. The number of hydrogen-bond donors (Lipinski definition) is 0. The van der Waals surface area contributed by atoms with E-state index in [9.17, 15) is 0 Å². The van der Waals surface area contributed by atoms with Gasteiger partial charge in [-0.3, -0.25) is 0 Å². The molecule has 76 valence electrons. The lowest BCUT2D eigenvalue weighted by atomic mass is 10.3. The molecule has 0 amide bonds. The van der Waals surface area contributed by atoms with Crippen molar-refractivity contribution in [3.05, 3.63) is 29.0 Å². The van der Waals surface area contributed by atoms with E-state index < -0.39 is 0 Å². The Morgan fingerprint density at radius 3 is 2.67 bits per heavy atom. The number of nitrogens with zero attached hydrogens (tertiary/aromatic N) is 3. The number of hydrogen-bond acceptors (Lipinski definition) is 4. The second-order valence-electron chi connectivity index (χ2n) is 3.94. The molecule has 1 aliphatic carbocycles. The summed E-state index contributed by atoms with van der Waals surface area (Å²) in [5, 5.41) is 3.08. The number of aromatic nitrogens is 3. The van der Waals surface area contributed by atoms with Crippen molar-refractivity contribution in [2.24, 2.45) is 0 Å². The lowest BCUT2D eigenvalue weighted by Crippen LogP contribution is -1.89. The van der Waals surface area contributed by atoms with Crippen LogP contribution in [0.2, 0.25) is 0 Å². The summed E-state index contributed by atoms with van der Waals surface area (Å²) in [4.78, 5) is 13.1. The minimum absolute atomic E-state index is 0.709. The van der Waals surface area contributed by atoms with Crippen LogP contribution in [0.15, 0.2) is 17.8 Å². The Kier molecular flexibility index (Phi) is 2.02. The van der Waals surface area contributed by atoms with Crippen LogP contribution in [0.4, 0.5) is 0 Å². The maximum Gasteiger partial charge on any atom is 0.188 e. The van der Waals surface area contributed by atoms with Gasteiger partial charge in [-0.2, -0.15) is 0 Å². The van der Waals surface area contributed by atoms with Crippen molar-refractivity contribution >= 4 is 11.3 Å². The van der Waals surface area contributed by atoms with Crippen molar-refractivity contribution < 1.29 is 0 Å². The average Bonchev–Trinajstić information content (AvgIpc) is 2.99. The first kappa shape index (κ1) is 8.97. The van der Waals surface area contributed by atoms with E-state index >= 15 is 0 Å². The molecule has 1 fully saturated rings. The minimum atomic E-state index is 0.709. The predicted octanol–water partition coefficient (Wildman–Crippen LogP) is 2.79. The highest BCUT2D eigenvalue weighted by atomic mass is 32.1. The molecule has 0 unspecified atom stereocenters. The molecule has 0 N–H and O–H groups in total. The number of thiazole rings is 1. The Morgan fingerprint density at radius 2 is 2.00 bits per heavy atom. The molecule has 1 saturated carbocycles. The van der Waals surface area contributed by atoms with Gasteiger partial charge in [-0.05, 0) is 25.3 Å². The van der Waals surface area contributed by atoms with Crippen molar-refractivity contribution in [3.8, 4) is 10.8 Å². The fourth-order valence-electron chi connectivity index (χ4n) is 1.46. The standard InChI is InChI=1S/C11H11N3S/c1-7-4-12-10(13-5-7)11-14-9(6-15-11)8-2-3-8/h4-6,8H,2-3H2,1H3. The van der Waals surface area contributed by atoms with E-state index in [0.717, 1.165) is 16.4 Å². The van der Waals surface area contributed by atoms with Crippen LogP contribution in [0.5, 0.6) is 0 Å². The molecule has 0 aromatic carbocycles. The molecule has 0 aliphatic heterocycles. The molecule has 0 saturated heterocycles. The van der Waals surface area contributed by atoms with Gasteiger partial charge in [-0.1, -0.05) is 0 Å². The molecule has 2 aromatic rings. The number of rotatable bonds is 2. The highest BCUT2D eigenvalue weighted by Crippen LogP contribution is 2.41. The van der Waals surface area contributed by atoms with E-state index in [1.165, 1.54) is 18.5 Å². The van der Waals surface area contributed by atoms with E-state index in [2.05, 4.69) is 20.3 Å². The smallest absolute Gasteiger partial charge is 0.188 e. The lowest BCUT2D eigenvalue weighted by molar-refractivity contribution is 1.04. The monoisotopic (exact) mass is 217 g/mol. The van der Waals surface area contributed by atoms with Gasteiger partial charge in [-0.25, -0.2) is 15.0 Å². The SMILES string of the molecule is Cc1cnc(-c2nc(C3CC3)cs2)nc1.